The SMILES string of the molecule is CCCCN=C1NC=CC(NC2CCN(C(=O)OC(C)(C)C)CC2)N1. The first-order chi connectivity index (χ1) is 11.9. The zero-order valence-electron chi connectivity index (χ0n) is 16.0. The first-order valence-corrected chi connectivity index (χ1v) is 9.35. The van der Waals surface area contributed by atoms with Crippen LogP contribution < -0.4 is 16.0 Å². The topological polar surface area (TPSA) is 78.0 Å². The number of hydrogen-bond acceptors (Lipinski definition) is 4. The van der Waals surface area contributed by atoms with Gasteiger partial charge in [0.15, 0.2) is 5.96 Å². The number of carbonyl (C=O) groups excluding carboxylic acids is 1. The summed E-state index contributed by atoms with van der Waals surface area (Å²) in [6, 6.07) is 0.371. The highest BCUT2D eigenvalue weighted by molar-refractivity contribution is 5.82. The van der Waals surface area contributed by atoms with Crippen LogP contribution in [-0.4, -0.2) is 54.4 Å². The van der Waals surface area contributed by atoms with Gasteiger partial charge < -0.3 is 20.3 Å². The van der Waals surface area contributed by atoms with Crippen LogP contribution in [0.15, 0.2) is 17.3 Å². The molecule has 25 heavy (non-hydrogen) atoms. The summed E-state index contributed by atoms with van der Waals surface area (Å²) in [4.78, 5) is 18.4. The molecular formula is C18H33N5O2. The summed E-state index contributed by atoms with van der Waals surface area (Å²) >= 11 is 0. The minimum atomic E-state index is -0.441. The van der Waals surface area contributed by atoms with E-state index in [9.17, 15) is 4.79 Å². The Bertz CT molecular complexity index is 490. The molecule has 142 valence electrons. The number of nitrogens with one attached hydrogen (secondary N) is 3. The van der Waals surface area contributed by atoms with Crippen LogP contribution in [0.4, 0.5) is 4.79 Å². The van der Waals surface area contributed by atoms with E-state index >= 15 is 0 Å². The Hall–Kier alpha value is -1.76. The normalized spacial score (nSPS) is 23.3. The van der Waals surface area contributed by atoms with Gasteiger partial charge >= 0.3 is 6.09 Å². The molecule has 0 aromatic heterocycles. The van der Waals surface area contributed by atoms with Crippen LogP contribution in [-0.2, 0) is 4.74 Å². The van der Waals surface area contributed by atoms with Crippen LogP contribution >= 0.6 is 0 Å². The average molecular weight is 351 g/mol. The van der Waals surface area contributed by atoms with Crippen molar-refractivity contribution < 1.29 is 9.53 Å². The first-order valence-electron chi connectivity index (χ1n) is 9.35. The zero-order valence-corrected chi connectivity index (χ0v) is 16.0. The number of rotatable bonds is 5. The minimum absolute atomic E-state index is 0.0692. The van der Waals surface area contributed by atoms with E-state index < -0.39 is 5.60 Å². The number of unbranched alkanes of at least 4 members (excludes halogenated alkanes) is 1. The summed E-state index contributed by atoms with van der Waals surface area (Å²) in [5.41, 5.74) is -0.441. The summed E-state index contributed by atoms with van der Waals surface area (Å²) in [6.07, 6.45) is 7.91. The number of carbonyl (C=O) groups is 1. The molecular weight excluding hydrogens is 318 g/mol. The fourth-order valence-electron chi connectivity index (χ4n) is 2.81. The lowest BCUT2D eigenvalue weighted by atomic mass is 10.0. The second-order valence-corrected chi connectivity index (χ2v) is 7.62. The summed E-state index contributed by atoms with van der Waals surface area (Å²) < 4.78 is 5.44. The smallest absolute Gasteiger partial charge is 0.410 e. The Morgan fingerprint density at radius 3 is 2.76 bits per heavy atom. The molecule has 0 spiro atoms. The van der Waals surface area contributed by atoms with E-state index in [0.717, 1.165) is 51.3 Å². The number of aliphatic imine (C=N–C) groups is 1. The monoisotopic (exact) mass is 351 g/mol. The van der Waals surface area contributed by atoms with E-state index in [0.29, 0.717) is 6.04 Å². The molecule has 7 nitrogen and oxygen atoms in total. The van der Waals surface area contributed by atoms with E-state index in [2.05, 4.69) is 33.9 Å². The number of likely N-dealkylation sites (tertiary alicyclic amines) is 1. The Balaban J connectivity index is 1.74. The lowest BCUT2D eigenvalue weighted by Gasteiger charge is -2.35. The van der Waals surface area contributed by atoms with Gasteiger partial charge in [-0.1, -0.05) is 13.3 Å². The molecule has 1 fully saturated rings. The van der Waals surface area contributed by atoms with Crippen LogP contribution in [0.2, 0.25) is 0 Å². The van der Waals surface area contributed by atoms with E-state index in [1.54, 1.807) is 4.90 Å². The maximum Gasteiger partial charge on any atom is 0.410 e. The molecule has 0 aliphatic carbocycles. The summed E-state index contributed by atoms with van der Waals surface area (Å²) in [5, 5.41) is 10.1. The molecule has 0 bridgehead atoms. The van der Waals surface area contributed by atoms with Gasteiger partial charge in [0.25, 0.3) is 0 Å². The third-order valence-corrected chi connectivity index (χ3v) is 4.14. The van der Waals surface area contributed by atoms with Crippen molar-refractivity contribution in [3.05, 3.63) is 12.3 Å². The Kier molecular flexibility index (Phi) is 7.11. The number of guanidine groups is 1. The van der Waals surface area contributed by atoms with E-state index in [4.69, 9.17) is 4.74 Å². The van der Waals surface area contributed by atoms with Crippen molar-refractivity contribution in [1.29, 1.82) is 0 Å². The van der Waals surface area contributed by atoms with Crippen LogP contribution in [0.1, 0.15) is 53.4 Å². The van der Waals surface area contributed by atoms with Crippen LogP contribution in [0, 0.1) is 0 Å². The third-order valence-electron chi connectivity index (χ3n) is 4.14. The van der Waals surface area contributed by atoms with Crippen molar-refractivity contribution in [2.75, 3.05) is 19.6 Å². The van der Waals surface area contributed by atoms with Crippen molar-refractivity contribution in [2.45, 2.75) is 71.2 Å². The van der Waals surface area contributed by atoms with Gasteiger partial charge in [-0.2, -0.15) is 0 Å². The van der Waals surface area contributed by atoms with Gasteiger partial charge in [0, 0.05) is 31.9 Å². The quantitative estimate of drug-likeness (QED) is 0.662. The number of hydrogen-bond donors (Lipinski definition) is 3. The van der Waals surface area contributed by atoms with Crippen LogP contribution in [0.3, 0.4) is 0 Å². The second kappa shape index (κ2) is 9.08. The largest absolute Gasteiger partial charge is 0.444 e. The molecule has 1 unspecified atom stereocenters. The molecule has 0 aromatic rings. The standard InChI is InChI=1S/C18H33N5O2/c1-5-6-10-19-16-20-11-7-15(22-16)21-14-8-12-23(13-9-14)17(24)25-18(2,3)4/h7,11,14-15,21H,5-6,8-10,12-13H2,1-4H3,(H2,19,20,22). The Morgan fingerprint density at radius 1 is 1.40 bits per heavy atom. The highest BCUT2D eigenvalue weighted by atomic mass is 16.6. The molecule has 2 heterocycles. The zero-order chi connectivity index (χ0) is 18.3. The van der Waals surface area contributed by atoms with Crippen LogP contribution in [0.5, 0.6) is 0 Å². The lowest BCUT2D eigenvalue weighted by Crippen LogP contribution is -2.56. The van der Waals surface area contributed by atoms with Crippen molar-refractivity contribution in [2.24, 2.45) is 4.99 Å². The fourth-order valence-corrected chi connectivity index (χ4v) is 2.81. The Labute approximate surface area is 151 Å². The summed E-state index contributed by atoms with van der Waals surface area (Å²) in [7, 11) is 0. The Morgan fingerprint density at radius 2 is 2.12 bits per heavy atom. The predicted octanol–water partition coefficient (Wildman–Crippen LogP) is 2.16. The maximum absolute atomic E-state index is 12.1. The van der Waals surface area contributed by atoms with Gasteiger partial charge in [-0.15, -0.1) is 0 Å². The highest BCUT2D eigenvalue weighted by Crippen LogP contribution is 2.15. The molecule has 0 aromatic carbocycles. The number of ether oxygens (including phenoxy) is 1. The molecule has 1 saturated heterocycles. The minimum Gasteiger partial charge on any atom is -0.444 e. The molecule has 0 radical (unpaired) electrons. The second-order valence-electron chi connectivity index (χ2n) is 7.62. The fraction of sp³-hybridized carbons (Fsp3) is 0.778. The number of nitrogens with zero attached hydrogens (tertiary/aromatic N) is 2. The van der Waals surface area contributed by atoms with Crippen LogP contribution in [0.25, 0.3) is 0 Å². The molecule has 7 heteroatoms. The first kappa shape index (κ1) is 19.6. The summed E-state index contributed by atoms with van der Waals surface area (Å²) in [5.74, 6) is 0.819. The highest BCUT2D eigenvalue weighted by Gasteiger charge is 2.27. The van der Waals surface area contributed by atoms with Crippen molar-refractivity contribution in [1.82, 2.24) is 20.9 Å². The van der Waals surface area contributed by atoms with E-state index in [-0.39, 0.29) is 12.3 Å². The molecule has 2 aliphatic rings. The molecule has 2 aliphatic heterocycles. The van der Waals surface area contributed by atoms with Crippen molar-refractivity contribution >= 4 is 12.1 Å². The predicted molar refractivity (Wildman–Crippen MR) is 100 cm³/mol. The van der Waals surface area contributed by atoms with Gasteiger partial charge in [-0.25, -0.2) is 4.79 Å². The molecule has 1 amide bonds. The molecule has 1 atom stereocenters. The average Bonchev–Trinajstić information content (AvgIpc) is 2.54. The van der Waals surface area contributed by atoms with Gasteiger partial charge in [0.1, 0.15) is 11.8 Å². The number of amides is 1. The molecule has 3 N–H and O–H groups in total. The van der Waals surface area contributed by atoms with Crippen molar-refractivity contribution in [3.63, 3.8) is 0 Å². The van der Waals surface area contributed by atoms with E-state index in [1.165, 1.54) is 0 Å². The van der Waals surface area contributed by atoms with Gasteiger partial charge in [0.2, 0.25) is 0 Å². The van der Waals surface area contributed by atoms with Crippen molar-refractivity contribution in [3.8, 4) is 0 Å². The lowest BCUT2D eigenvalue weighted by molar-refractivity contribution is 0.0196. The van der Waals surface area contributed by atoms with E-state index in [1.807, 2.05) is 27.0 Å². The molecule has 2 rings (SSSR count). The van der Waals surface area contributed by atoms with Gasteiger partial charge in [-0.3, -0.25) is 10.3 Å². The molecule has 0 saturated carbocycles. The summed E-state index contributed by atoms with van der Waals surface area (Å²) in [6.45, 7) is 10.1. The van der Waals surface area contributed by atoms with Gasteiger partial charge in [0.05, 0.1) is 0 Å². The third kappa shape index (κ3) is 6.94. The van der Waals surface area contributed by atoms with Gasteiger partial charge in [-0.05, 0) is 46.1 Å². The number of piperidine rings is 1. The maximum atomic E-state index is 12.1.